The number of furan rings is 1. The maximum Gasteiger partial charge on any atom is 0.140 e. The second-order valence-corrected chi connectivity index (χ2v) is 15.5. The lowest BCUT2D eigenvalue weighted by molar-refractivity contribution is 0.628. The minimum atomic E-state index is -0.523. The predicted octanol–water partition coefficient (Wildman–Crippen LogP) is 14.0. The molecule has 3 heteroatoms. The standard InChI is InChI=1S/C51H31NOS/c1-3-14-32(15-4-1)34-26-28-42-46(30-34)54-47-31-35(33-16-5-2-6-17-33)27-29-43(47)52(42)44-24-13-23-41-48(44)36-18-7-10-21-39(36)51(41)40-22-11-8-19-37(40)50-49(51)38-20-9-12-25-45(38)53-50/h1-31H. The number of fused-ring (bicyclic) bond motifs is 14. The molecule has 0 saturated heterocycles. The van der Waals surface area contributed by atoms with Gasteiger partial charge in [-0.25, -0.2) is 0 Å². The second kappa shape index (κ2) is 11.2. The van der Waals surface area contributed by atoms with Crippen LogP contribution in [0.2, 0.25) is 0 Å². The molecule has 9 aromatic rings. The normalized spacial score (nSPS) is 15.7. The first-order valence-electron chi connectivity index (χ1n) is 18.5. The maximum atomic E-state index is 6.78. The number of benzene rings is 8. The molecule has 8 aromatic carbocycles. The Bertz CT molecular complexity index is 2890. The van der Waals surface area contributed by atoms with Crippen molar-refractivity contribution in [3.8, 4) is 44.7 Å². The van der Waals surface area contributed by atoms with Gasteiger partial charge in [0.15, 0.2) is 0 Å². The number of anilines is 3. The van der Waals surface area contributed by atoms with Crippen molar-refractivity contribution in [2.45, 2.75) is 15.2 Å². The van der Waals surface area contributed by atoms with Gasteiger partial charge in [-0.2, -0.15) is 0 Å². The Morgan fingerprint density at radius 3 is 1.67 bits per heavy atom. The largest absolute Gasteiger partial charge is 0.456 e. The molecule has 1 unspecified atom stereocenters. The van der Waals surface area contributed by atoms with E-state index in [1.165, 1.54) is 93.4 Å². The summed E-state index contributed by atoms with van der Waals surface area (Å²) < 4.78 is 6.78. The van der Waals surface area contributed by atoms with Gasteiger partial charge in [-0.3, -0.25) is 0 Å². The highest BCUT2D eigenvalue weighted by Gasteiger charge is 2.55. The van der Waals surface area contributed by atoms with E-state index in [1.54, 1.807) is 0 Å². The Hall–Kier alpha value is -6.55. The van der Waals surface area contributed by atoms with Gasteiger partial charge in [0.2, 0.25) is 0 Å². The smallest absolute Gasteiger partial charge is 0.140 e. The third kappa shape index (κ3) is 3.97. The molecule has 1 atom stereocenters. The van der Waals surface area contributed by atoms with E-state index >= 15 is 0 Å². The third-order valence-corrected chi connectivity index (χ3v) is 12.8. The van der Waals surface area contributed by atoms with Crippen molar-refractivity contribution >= 4 is 39.8 Å². The summed E-state index contributed by atoms with van der Waals surface area (Å²) in [7, 11) is 0. The second-order valence-electron chi connectivity index (χ2n) is 14.4. The van der Waals surface area contributed by atoms with E-state index in [0.29, 0.717) is 0 Å². The van der Waals surface area contributed by atoms with Crippen LogP contribution >= 0.6 is 11.8 Å². The van der Waals surface area contributed by atoms with Crippen LogP contribution in [0.3, 0.4) is 0 Å². The van der Waals surface area contributed by atoms with Gasteiger partial charge in [0.05, 0.1) is 22.5 Å². The minimum Gasteiger partial charge on any atom is -0.456 e. The lowest BCUT2D eigenvalue weighted by atomic mass is 9.70. The van der Waals surface area contributed by atoms with E-state index in [0.717, 1.165) is 11.3 Å². The predicted molar refractivity (Wildman–Crippen MR) is 222 cm³/mol. The summed E-state index contributed by atoms with van der Waals surface area (Å²) in [4.78, 5) is 5.00. The van der Waals surface area contributed by atoms with E-state index in [9.17, 15) is 0 Å². The van der Waals surface area contributed by atoms with Crippen LogP contribution in [0.25, 0.3) is 55.7 Å². The van der Waals surface area contributed by atoms with Gasteiger partial charge in [-0.1, -0.05) is 163 Å². The summed E-state index contributed by atoms with van der Waals surface area (Å²) in [6.07, 6.45) is 0. The molecule has 0 N–H and O–H groups in total. The Balaban J connectivity index is 1.15. The first-order valence-corrected chi connectivity index (χ1v) is 19.3. The Morgan fingerprint density at radius 2 is 0.981 bits per heavy atom. The molecule has 2 heterocycles. The van der Waals surface area contributed by atoms with Crippen LogP contribution in [0.4, 0.5) is 17.1 Å². The zero-order valence-corrected chi connectivity index (χ0v) is 30.0. The lowest BCUT2D eigenvalue weighted by Gasteiger charge is -2.35. The molecule has 2 aliphatic carbocycles. The highest BCUT2D eigenvalue weighted by atomic mass is 32.2. The van der Waals surface area contributed by atoms with E-state index in [1.807, 2.05) is 11.8 Å². The first-order chi connectivity index (χ1) is 26.8. The van der Waals surface area contributed by atoms with Crippen LogP contribution in [0.1, 0.15) is 22.3 Å². The maximum absolute atomic E-state index is 6.78. The molecule has 252 valence electrons. The molecular weight excluding hydrogens is 675 g/mol. The molecule has 2 nitrogen and oxygen atoms in total. The van der Waals surface area contributed by atoms with Crippen molar-refractivity contribution in [3.05, 3.63) is 210 Å². The Labute approximate surface area is 318 Å². The van der Waals surface area contributed by atoms with Gasteiger partial charge in [0, 0.05) is 31.9 Å². The third-order valence-electron chi connectivity index (χ3n) is 11.7. The fraction of sp³-hybridized carbons (Fsp3) is 0.0196. The molecule has 12 rings (SSSR count). The number of para-hydroxylation sites is 1. The molecule has 0 fully saturated rings. The van der Waals surface area contributed by atoms with Gasteiger partial charge in [-0.15, -0.1) is 0 Å². The summed E-state index contributed by atoms with van der Waals surface area (Å²) in [5.41, 5.74) is 17.7. The number of rotatable bonds is 3. The van der Waals surface area contributed by atoms with Crippen molar-refractivity contribution < 1.29 is 4.42 Å². The zero-order valence-electron chi connectivity index (χ0n) is 29.2. The van der Waals surface area contributed by atoms with Crippen molar-refractivity contribution in [1.82, 2.24) is 0 Å². The van der Waals surface area contributed by atoms with Gasteiger partial charge >= 0.3 is 0 Å². The first kappa shape index (κ1) is 30.0. The topological polar surface area (TPSA) is 16.4 Å². The number of nitrogens with zero attached hydrogens (tertiary/aromatic N) is 1. The van der Waals surface area contributed by atoms with Crippen molar-refractivity contribution in [2.75, 3.05) is 4.90 Å². The summed E-state index contributed by atoms with van der Waals surface area (Å²) in [5, 5.41) is 1.17. The number of hydrogen-bond donors (Lipinski definition) is 0. The summed E-state index contributed by atoms with van der Waals surface area (Å²) in [6, 6.07) is 68.8. The van der Waals surface area contributed by atoms with Crippen LogP contribution in [0.15, 0.2) is 202 Å². The van der Waals surface area contributed by atoms with Gasteiger partial charge in [0.1, 0.15) is 11.3 Å². The van der Waals surface area contributed by atoms with Crippen molar-refractivity contribution in [2.24, 2.45) is 0 Å². The molecule has 1 aliphatic heterocycles. The van der Waals surface area contributed by atoms with E-state index in [4.69, 9.17) is 4.42 Å². The summed E-state index contributed by atoms with van der Waals surface area (Å²) in [5.74, 6) is 0.979. The molecule has 0 amide bonds. The minimum absolute atomic E-state index is 0.523. The molecular formula is C51H31NOS. The molecule has 0 radical (unpaired) electrons. The van der Waals surface area contributed by atoms with Crippen molar-refractivity contribution in [3.63, 3.8) is 0 Å². The average molecular weight is 706 g/mol. The number of hydrogen-bond acceptors (Lipinski definition) is 3. The molecule has 0 saturated carbocycles. The quantitative estimate of drug-likeness (QED) is 0.182. The lowest BCUT2D eigenvalue weighted by Crippen LogP contribution is -2.26. The van der Waals surface area contributed by atoms with Crippen molar-refractivity contribution in [1.29, 1.82) is 0 Å². The molecule has 1 aromatic heterocycles. The SMILES string of the molecule is c1ccc(-c2ccc3c(c2)Sc2cc(-c4ccccc4)ccc2N3c2cccc3c2-c2ccccc2C32c3ccccc3-c3oc4ccccc4c32)cc1. The Morgan fingerprint density at radius 1 is 0.426 bits per heavy atom. The van der Waals surface area contributed by atoms with Crippen LogP contribution in [0, 0.1) is 0 Å². The van der Waals surface area contributed by atoms with Crippen LogP contribution in [-0.4, -0.2) is 0 Å². The van der Waals surface area contributed by atoms with E-state index in [-0.39, 0.29) is 0 Å². The molecule has 3 aliphatic rings. The highest BCUT2D eigenvalue weighted by Crippen LogP contribution is 2.67. The molecule has 1 spiro atoms. The molecule has 0 bridgehead atoms. The van der Waals surface area contributed by atoms with Crippen LogP contribution in [-0.2, 0) is 5.41 Å². The van der Waals surface area contributed by atoms with E-state index < -0.39 is 5.41 Å². The Kier molecular flexibility index (Phi) is 6.23. The fourth-order valence-corrected chi connectivity index (χ4v) is 10.6. The highest BCUT2D eigenvalue weighted by molar-refractivity contribution is 7.99. The fourth-order valence-electron chi connectivity index (χ4n) is 9.49. The molecule has 54 heavy (non-hydrogen) atoms. The summed E-state index contributed by atoms with van der Waals surface area (Å²) in [6.45, 7) is 0. The van der Waals surface area contributed by atoms with E-state index in [2.05, 4.69) is 193 Å². The van der Waals surface area contributed by atoms with Gasteiger partial charge in [-0.05, 0) is 80.9 Å². The van der Waals surface area contributed by atoms with Gasteiger partial charge < -0.3 is 9.32 Å². The van der Waals surface area contributed by atoms with Crippen LogP contribution in [0.5, 0.6) is 0 Å². The summed E-state index contributed by atoms with van der Waals surface area (Å²) >= 11 is 1.87. The van der Waals surface area contributed by atoms with Crippen LogP contribution < -0.4 is 4.90 Å². The monoisotopic (exact) mass is 705 g/mol. The van der Waals surface area contributed by atoms with Gasteiger partial charge in [0.25, 0.3) is 0 Å². The zero-order chi connectivity index (χ0) is 35.4. The average Bonchev–Trinajstić information content (AvgIpc) is 3.87.